The first-order valence-corrected chi connectivity index (χ1v) is 25.6. The first-order valence-electron chi connectivity index (χ1n) is 19.3. The fourth-order valence-electron chi connectivity index (χ4n) is 10.0. The van der Waals surface area contributed by atoms with Gasteiger partial charge in [0.05, 0.1) is 0 Å². The molecule has 45 heavy (non-hydrogen) atoms. The van der Waals surface area contributed by atoms with Crippen LogP contribution in [0.2, 0.25) is 8.26 Å². The first kappa shape index (κ1) is 35.1. The fourth-order valence-corrected chi connectivity index (χ4v) is 28.7. The molecule has 1 aliphatic heterocycles. The Labute approximate surface area is 283 Å². The Morgan fingerprint density at radius 2 is 0.933 bits per heavy atom. The summed E-state index contributed by atoms with van der Waals surface area (Å²) in [5.74, 6) is 2.25. The van der Waals surface area contributed by atoms with Crippen molar-refractivity contribution in [2.75, 3.05) is 0 Å². The number of rotatable bonds is 12. The van der Waals surface area contributed by atoms with Gasteiger partial charge in [0.1, 0.15) is 0 Å². The van der Waals surface area contributed by atoms with Gasteiger partial charge in [0.15, 0.2) is 0 Å². The molecule has 0 spiro atoms. The molecular formula is C44H66Zr. The van der Waals surface area contributed by atoms with Gasteiger partial charge in [0.25, 0.3) is 0 Å². The molecule has 0 saturated carbocycles. The molecule has 1 heteroatoms. The number of benzene rings is 2. The average Bonchev–Trinajstić information content (AvgIpc) is 3.52. The van der Waals surface area contributed by atoms with Crippen molar-refractivity contribution in [2.45, 2.75) is 174 Å². The number of hydrogen-bond acceptors (Lipinski definition) is 0. The quantitative estimate of drug-likeness (QED) is 0.209. The van der Waals surface area contributed by atoms with Crippen LogP contribution in [0.15, 0.2) is 35.4 Å². The third kappa shape index (κ3) is 5.91. The Morgan fingerprint density at radius 1 is 0.556 bits per heavy atom. The van der Waals surface area contributed by atoms with E-state index in [2.05, 4.69) is 107 Å². The van der Waals surface area contributed by atoms with E-state index in [9.17, 15) is 0 Å². The van der Waals surface area contributed by atoms with Crippen molar-refractivity contribution in [1.29, 1.82) is 0 Å². The van der Waals surface area contributed by atoms with Crippen LogP contribution < -0.4 is 0 Å². The zero-order valence-electron chi connectivity index (χ0n) is 31.3. The van der Waals surface area contributed by atoms with Crippen molar-refractivity contribution >= 4 is 11.1 Å². The van der Waals surface area contributed by atoms with Gasteiger partial charge >= 0.3 is 285 Å². The van der Waals surface area contributed by atoms with Crippen molar-refractivity contribution in [2.24, 2.45) is 0 Å². The molecule has 5 rings (SSSR count). The Kier molecular flexibility index (Phi) is 11.0. The third-order valence-electron chi connectivity index (χ3n) is 12.2. The van der Waals surface area contributed by atoms with Crippen LogP contribution in [0.4, 0.5) is 0 Å². The number of allylic oxidation sites excluding steroid dienone is 4. The fraction of sp³-hybridized carbons (Fsp3) is 0.636. The molecule has 0 saturated heterocycles. The standard InChI is InChI=1S/C36H48.2C4H9.Zr/c1-11-25-15-29-17-27(21(3)4)19-33(23(7)8)35(29)31(25)13-14-32-26(12-2)16-30-18-28(22(5)6)20-34(24(9)10)36(30)32;2*1-3-4-2;/h15-24H,11-14H2,1-10H3;2*1,3-4H2,2H3;. The van der Waals surface area contributed by atoms with Gasteiger partial charge < -0.3 is 0 Å². The molecule has 2 aliphatic carbocycles. The monoisotopic (exact) mass is 684 g/mol. The molecule has 0 aromatic heterocycles. The van der Waals surface area contributed by atoms with Gasteiger partial charge in [0.2, 0.25) is 0 Å². The molecule has 0 nitrogen and oxygen atoms in total. The summed E-state index contributed by atoms with van der Waals surface area (Å²) in [6.07, 6.45) is 10.4. The molecule has 0 amide bonds. The summed E-state index contributed by atoms with van der Waals surface area (Å²) in [5.41, 5.74) is 21.0. The van der Waals surface area contributed by atoms with Gasteiger partial charge in [-0.05, 0) is 0 Å². The molecule has 3 aliphatic rings. The van der Waals surface area contributed by atoms with E-state index in [0.29, 0.717) is 23.7 Å². The van der Waals surface area contributed by atoms with Crippen molar-refractivity contribution < 1.29 is 20.3 Å². The normalized spacial score (nSPS) is 20.4. The molecule has 2 aromatic rings. The van der Waals surface area contributed by atoms with Crippen LogP contribution >= 0.6 is 0 Å². The summed E-state index contributed by atoms with van der Waals surface area (Å²) in [6, 6.07) is 10.8. The van der Waals surface area contributed by atoms with Crippen molar-refractivity contribution in [3.63, 3.8) is 0 Å². The van der Waals surface area contributed by atoms with Crippen LogP contribution in [0.1, 0.15) is 210 Å². The SMILES string of the molecule is CCC[CH2][Zr]1([CH2]CCC)[CH]2C(CC)=C(CCC3=C(CC)[CH]1c1cc(C(C)C)cc(C(C)C)c13)c1c(C(C)C)cc(C(C)C)cc12. The van der Waals surface area contributed by atoms with Crippen LogP contribution in [0.25, 0.3) is 11.1 Å². The Morgan fingerprint density at radius 3 is 1.22 bits per heavy atom. The molecule has 4 bridgehead atoms. The zero-order chi connectivity index (χ0) is 32.8. The summed E-state index contributed by atoms with van der Waals surface area (Å²) in [7, 11) is 0. The third-order valence-corrected chi connectivity index (χ3v) is 27.5. The molecule has 2 unspecified atom stereocenters. The number of unbranched alkanes of at least 4 members (excludes halogenated alkanes) is 2. The second-order valence-electron chi connectivity index (χ2n) is 16.3. The van der Waals surface area contributed by atoms with Gasteiger partial charge in [-0.15, -0.1) is 0 Å². The van der Waals surface area contributed by atoms with E-state index in [4.69, 9.17) is 0 Å². The predicted octanol–water partition coefficient (Wildman–Crippen LogP) is 14.7. The van der Waals surface area contributed by atoms with E-state index in [-0.39, 0.29) is 0 Å². The van der Waals surface area contributed by atoms with Crippen molar-refractivity contribution in [3.8, 4) is 0 Å². The molecule has 0 N–H and O–H groups in total. The molecule has 0 radical (unpaired) electrons. The van der Waals surface area contributed by atoms with Crippen LogP contribution in [0.3, 0.4) is 0 Å². The van der Waals surface area contributed by atoms with Gasteiger partial charge in [-0.3, -0.25) is 0 Å². The summed E-state index contributed by atoms with van der Waals surface area (Å²) >= 11 is -3.18. The van der Waals surface area contributed by atoms with Crippen LogP contribution in [0, 0.1) is 0 Å². The Hall–Kier alpha value is -1.20. The molecule has 2 atom stereocenters. The molecule has 246 valence electrons. The second-order valence-corrected chi connectivity index (χ2v) is 27.6. The van der Waals surface area contributed by atoms with E-state index >= 15 is 0 Å². The first-order chi connectivity index (χ1) is 21.5. The van der Waals surface area contributed by atoms with Crippen LogP contribution in [0.5, 0.6) is 0 Å². The Bertz CT molecular complexity index is 1350. The van der Waals surface area contributed by atoms with Crippen molar-refractivity contribution in [3.05, 3.63) is 79.9 Å². The van der Waals surface area contributed by atoms with Gasteiger partial charge in [-0.1, -0.05) is 0 Å². The maximum atomic E-state index is 2.78. The molecule has 2 aromatic carbocycles. The van der Waals surface area contributed by atoms with Crippen LogP contribution in [-0.2, 0) is 20.3 Å². The minimum absolute atomic E-state index is 0.559. The van der Waals surface area contributed by atoms with Crippen molar-refractivity contribution in [1.82, 2.24) is 0 Å². The van der Waals surface area contributed by atoms with Gasteiger partial charge in [-0.25, -0.2) is 0 Å². The molecular weight excluding hydrogens is 620 g/mol. The summed E-state index contributed by atoms with van der Waals surface area (Å²) in [5, 5.41) is 0. The predicted molar refractivity (Wildman–Crippen MR) is 198 cm³/mol. The average molecular weight is 686 g/mol. The Balaban J connectivity index is 1.95. The molecule has 0 fully saturated rings. The molecule has 1 heterocycles. The summed E-state index contributed by atoms with van der Waals surface area (Å²) < 4.78 is 4.54. The van der Waals surface area contributed by atoms with Crippen LogP contribution in [-0.4, -0.2) is 0 Å². The van der Waals surface area contributed by atoms with E-state index in [1.54, 1.807) is 52.8 Å². The minimum atomic E-state index is -3.18. The van der Waals surface area contributed by atoms with E-state index in [0.717, 1.165) is 7.25 Å². The van der Waals surface area contributed by atoms with E-state index in [1.807, 2.05) is 22.3 Å². The summed E-state index contributed by atoms with van der Waals surface area (Å²) in [6.45, 7) is 29.5. The van der Waals surface area contributed by atoms with Gasteiger partial charge in [-0.2, -0.15) is 0 Å². The second kappa shape index (κ2) is 14.1. The van der Waals surface area contributed by atoms with E-state index < -0.39 is 20.3 Å². The summed E-state index contributed by atoms with van der Waals surface area (Å²) in [4.78, 5) is 0. The zero-order valence-corrected chi connectivity index (χ0v) is 33.8. The number of hydrogen-bond donors (Lipinski definition) is 0. The maximum absolute atomic E-state index is 3.18. The van der Waals surface area contributed by atoms with E-state index in [1.165, 1.54) is 51.4 Å². The van der Waals surface area contributed by atoms with Gasteiger partial charge in [0, 0.05) is 0 Å². The topological polar surface area (TPSA) is 0 Å². The number of fused-ring (bicyclic) bond motifs is 8.